The zero-order valence-corrected chi connectivity index (χ0v) is 23.4. The van der Waals surface area contributed by atoms with Crippen molar-refractivity contribution >= 4 is 23.2 Å². The zero-order chi connectivity index (χ0) is 30.1. The molecule has 0 amide bonds. The summed E-state index contributed by atoms with van der Waals surface area (Å²) < 4.78 is 43.6. The first-order valence-electron chi connectivity index (χ1n) is 12.7. The maximum Gasteiger partial charge on any atom is 0.433 e. The van der Waals surface area contributed by atoms with E-state index in [-0.39, 0.29) is 0 Å². The molecular weight excluding hydrogens is 604 g/mol. The van der Waals surface area contributed by atoms with Crippen LogP contribution in [0.25, 0.3) is 27.9 Å². The average molecular weight is 623 g/mol. The highest BCUT2D eigenvalue weighted by molar-refractivity contribution is 6.31. The number of rotatable bonds is 7. The van der Waals surface area contributed by atoms with Crippen molar-refractivity contribution in [3.8, 4) is 27.9 Å². The van der Waals surface area contributed by atoms with Gasteiger partial charge in [-0.3, -0.25) is 9.67 Å². The van der Waals surface area contributed by atoms with E-state index in [1.165, 1.54) is 29.5 Å². The SMILES string of the molecule is [O-][n+]1cc(-c2cc(Cl)ccc2-n2cnnn2)ccc1C(Cc1ccc(Cl)cc1)n1cc(-c2ccnc(C(F)(F)F)c2)cn1. The summed E-state index contributed by atoms with van der Waals surface area (Å²) in [6, 6.07) is 17.6. The van der Waals surface area contributed by atoms with Crippen LogP contribution in [0.15, 0.2) is 97.8 Å². The number of pyridine rings is 2. The Morgan fingerprint density at radius 1 is 0.907 bits per heavy atom. The smallest absolute Gasteiger partial charge is 0.433 e. The van der Waals surface area contributed by atoms with E-state index in [4.69, 9.17) is 23.2 Å². The van der Waals surface area contributed by atoms with Gasteiger partial charge in [0, 0.05) is 51.6 Å². The fourth-order valence-corrected chi connectivity index (χ4v) is 5.02. The molecule has 4 aromatic heterocycles. The third-order valence-corrected chi connectivity index (χ3v) is 7.29. The van der Waals surface area contributed by atoms with Gasteiger partial charge in [0.2, 0.25) is 5.69 Å². The molecule has 0 saturated heterocycles. The fourth-order valence-electron chi connectivity index (χ4n) is 4.72. The van der Waals surface area contributed by atoms with E-state index in [0.717, 1.165) is 22.6 Å². The van der Waals surface area contributed by atoms with Gasteiger partial charge in [-0.15, -0.1) is 5.10 Å². The van der Waals surface area contributed by atoms with Crippen LogP contribution in [0.4, 0.5) is 13.2 Å². The quantitative estimate of drug-likeness (QED) is 0.151. The summed E-state index contributed by atoms with van der Waals surface area (Å²) in [4.78, 5) is 3.43. The van der Waals surface area contributed by atoms with E-state index >= 15 is 0 Å². The van der Waals surface area contributed by atoms with Crippen LogP contribution in [0.3, 0.4) is 0 Å². The van der Waals surface area contributed by atoms with Crippen LogP contribution in [-0.2, 0) is 12.6 Å². The molecule has 0 N–H and O–H groups in total. The molecule has 14 heteroatoms. The maximum absolute atomic E-state index is 13.6. The molecule has 43 heavy (non-hydrogen) atoms. The number of tetrazole rings is 1. The summed E-state index contributed by atoms with van der Waals surface area (Å²) in [6.07, 6.45) is 2.78. The molecule has 0 spiro atoms. The Hall–Kier alpha value is -4.81. The number of hydrogen-bond acceptors (Lipinski definition) is 6. The van der Waals surface area contributed by atoms with Gasteiger partial charge in [0.05, 0.1) is 11.9 Å². The minimum Gasteiger partial charge on any atom is -0.618 e. The second-order valence-electron chi connectivity index (χ2n) is 9.57. The van der Waals surface area contributed by atoms with Crippen LogP contribution in [0.1, 0.15) is 23.0 Å². The Kier molecular flexibility index (Phi) is 7.55. The summed E-state index contributed by atoms with van der Waals surface area (Å²) in [5.74, 6) is 0. The number of halogens is 5. The van der Waals surface area contributed by atoms with E-state index in [1.807, 2.05) is 12.1 Å². The van der Waals surface area contributed by atoms with Crippen molar-refractivity contribution in [1.82, 2.24) is 35.0 Å². The molecule has 0 aliphatic rings. The lowest BCUT2D eigenvalue weighted by Gasteiger charge is -2.18. The number of benzene rings is 2. The van der Waals surface area contributed by atoms with Crippen molar-refractivity contribution < 1.29 is 17.9 Å². The van der Waals surface area contributed by atoms with Gasteiger partial charge in [0.1, 0.15) is 18.1 Å². The first-order valence-corrected chi connectivity index (χ1v) is 13.5. The fraction of sp³-hybridized carbons (Fsp3) is 0.103. The first kappa shape index (κ1) is 28.3. The van der Waals surface area contributed by atoms with Gasteiger partial charge >= 0.3 is 6.18 Å². The highest BCUT2D eigenvalue weighted by atomic mass is 35.5. The summed E-state index contributed by atoms with van der Waals surface area (Å²) in [5, 5.41) is 30.4. The number of alkyl halides is 3. The molecule has 0 bridgehead atoms. The van der Waals surface area contributed by atoms with Gasteiger partial charge in [-0.25, -0.2) is 0 Å². The normalized spacial score (nSPS) is 12.4. The summed E-state index contributed by atoms with van der Waals surface area (Å²) in [5.41, 5.74) is 2.75. The molecule has 2 aromatic carbocycles. The molecular formula is C29H19Cl2F3N8O. The van der Waals surface area contributed by atoms with E-state index in [9.17, 15) is 18.4 Å². The van der Waals surface area contributed by atoms with Gasteiger partial charge in [-0.1, -0.05) is 35.3 Å². The van der Waals surface area contributed by atoms with Crippen LogP contribution < -0.4 is 4.73 Å². The Morgan fingerprint density at radius 2 is 1.70 bits per heavy atom. The second-order valence-corrected chi connectivity index (χ2v) is 10.4. The minimum atomic E-state index is -4.59. The van der Waals surface area contributed by atoms with E-state index < -0.39 is 17.9 Å². The van der Waals surface area contributed by atoms with Gasteiger partial charge in [0.15, 0.2) is 6.20 Å². The molecule has 4 heterocycles. The summed E-state index contributed by atoms with van der Waals surface area (Å²) in [6.45, 7) is 0. The molecule has 0 radical (unpaired) electrons. The largest absolute Gasteiger partial charge is 0.618 e. The maximum atomic E-state index is 13.6. The summed E-state index contributed by atoms with van der Waals surface area (Å²) in [7, 11) is 0. The Morgan fingerprint density at radius 3 is 2.42 bits per heavy atom. The highest BCUT2D eigenvalue weighted by Crippen LogP contribution is 2.33. The van der Waals surface area contributed by atoms with Crippen molar-refractivity contribution in [2.24, 2.45) is 0 Å². The lowest BCUT2D eigenvalue weighted by Crippen LogP contribution is -2.36. The predicted molar refractivity (Wildman–Crippen MR) is 152 cm³/mol. The van der Waals surface area contributed by atoms with E-state index in [1.54, 1.807) is 53.3 Å². The van der Waals surface area contributed by atoms with Crippen LogP contribution in [0.2, 0.25) is 10.0 Å². The van der Waals surface area contributed by atoms with Gasteiger partial charge in [-0.2, -0.15) is 27.7 Å². The van der Waals surface area contributed by atoms with Crippen molar-refractivity contribution in [3.63, 3.8) is 0 Å². The lowest BCUT2D eigenvalue weighted by atomic mass is 10.0. The van der Waals surface area contributed by atoms with E-state index in [0.29, 0.717) is 50.1 Å². The molecule has 216 valence electrons. The van der Waals surface area contributed by atoms with Crippen molar-refractivity contribution in [2.45, 2.75) is 18.6 Å². The van der Waals surface area contributed by atoms with Crippen molar-refractivity contribution in [2.75, 3.05) is 0 Å². The van der Waals surface area contributed by atoms with Crippen LogP contribution in [0.5, 0.6) is 0 Å². The van der Waals surface area contributed by atoms with Crippen molar-refractivity contribution in [1.29, 1.82) is 0 Å². The molecule has 9 nitrogen and oxygen atoms in total. The monoisotopic (exact) mass is 622 g/mol. The number of hydrogen-bond donors (Lipinski definition) is 0. The predicted octanol–water partition coefficient (Wildman–Crippen LogP) is 6.38. The molecule has 0 saturated carbocycles. The molecule has 0 aliphatic carbocycles. The number of aromatic nitrogens is 8. The Balaban J connectivity index is 1.41. The third kappa shape index (κ3) is 6.06. The first-order chi connectivity index (χ1) is 20.7. The van der Waals surface area contributed by atoms with Gasteiger partial charge < -0.3 is 5.21 Å². The van der Waals surface area contributed by atoms with Gasteiger partial charge in [-0.05, 0) is 70.1 Å². The zero-order valence-electron chi connectivity index (χ0n) is 21.9. The van der Waals surface area contributed by atoms with Gasteiger partial charge in [0.25, 0.3) is 0 Å². The molecule has 0 aliphatic heterocycles. The average Bonchev–Trinajstić information content (AvgIpc) is 3.70. The Labute approximate surface area is 252 Å². The highest BCUT2D eigenvalue weighted by Gasteiger charge is 2.33. The Bertz CT molecular complexity index is 1890. The topological polar surface area (TPSA) is 101 Å². The second kappa shape index (κ2) is 11.5. The third-order valence-electron chi connectivity index (χ3n) is 6.80. The van der Waals surface area contributed by atoms with Crippen LogP contribution in [-0.4, -0.2) is 35.0 Å². The minimum absolute atomic E-state index is 0.292. The lowest BCUT2D eigenvalue weighted by molar-refractivity contribution is -0.615. The molecule has 1 unspecified atom stereocenters. The van der Waals surface area contributed by atoms with Crippen molar-refractivity contribution in [3.05, 3.63) is 130 Å². The standard InChI is InChI=1S/C29H19Cl2F3N8O/c30-22-4-1-18(2-5-22)11-27(40-15-21(14-37-40)19-9-10-35-28(12-19)29(32,33)34)26-7-3-20(16-42(26)43)24-13-23(31)6-8-25(24)41-17-36-38-39-41/h1-10,12-17,27H,11H2. The van der Waals surface area contributed by atoms with Crippen LogP contribution >= 0.6 is 23.2 Å². The molecule has 6 rings (SSSR count). The summed E-state index contributed by atoms with van der Waals surface area (Å²) >= 11 is 12.4. The molecule has 0 fully saturated rings. The molecule has 1 atom stereocenters. The number of nitrogens with zero attached hydrogens (tertiary/aromatic N) is 8. The van der Waals surface area contributed by atoms with Crippen LogP contribution in [0, 0.1) is 5.21 Å². The molecule has 6 aromatic rings. The van der Waals surface area contributed by atoms with E-state index in [2.05, 4.69) is 25.6 Å².